The fraction of sp³-hybridized carbons (Fsp3) is 0.300. The van der Waals surface area contributed by atoms with Crippen LogP contribution >= 0.6 is 0 Å². The third kappa shape index (κ3) is 4.22. The minimum Gasteiger partial charge on any atom is -0.326 e. The van der Waals surface area contributed by atoms with E-state index in [0.29, 0.717) is 23.6 Å². The van der Waals surface area contributed by atoms with Crippen molar-refractivity contribution in [2.24, 2.45) is 0 Å². The second-order valence-electron chi connectivity index (χ2n) is 6.11. The van der Waals surface area contributed by atoms with Crippen molar-refractivity contribution in [3.63, 3.8) is 0 Å². The molecule has 0 spiro atoms. The van der Waals surface area contributed by atoms with Crippen LogP contribution in [0.4, 0.5) is 11.4 Å². The Morgan fingerprint density at radius 3 is 2.08 bits per heavy atom. The predicted molar refractivity (Wildman–Crippen MR) is 98.6 cm³/mol. The summed E-state index contributed by atoms with van der Waals surface area (Å²) < 4.78 is 0. The van der Waals surface area contributed by atoms with Gasteiger partial charge < -0.3 is 10.6 Å². The molecule has 0 atom stereocenters. The molecule has 0 saturated heterocycles. The van der Waals surface area contributed by atoms with Crippen LogP contribution in [0.2, 0.25) is 0 Å². The number of hydrogen-bond donors (Lipinski definition) is 2. The molecule has 0 saturated carbocycles. The van der Waals surface area contributed by atoms with Gasteiger partial charge in [-0.25, -0.2) is 0 Å². The van der Waals surface area contributed by atoms with Crippen LogP contribution < -0.4 is 10.6 Å². The fourth-order valence-electron chi connectivity index (χ4n) is 2.36. The number of carbonyl (C=O) groups is 2. The van der Waals surface area contributed by atoms with Crippen molar-refractivity contribution in [1.29, 1.82) is 0 Å². The first-order valence-electron chi connectivity index (χ1n) is 8.23. The third-order valence-electron chi connectivity index (χ3n) is 4.02. The molecule has 0 bridgehead atoms. The molecule has 0 radical (unpaired) electrons. The highest BCUT2D eigenvalue weighted by Gasteiger charge is 2.11. The Kier molecular flexibility index (Phi) is 5.74. The lowest BCUT2D eigenvalue weighted by molar-refractivity contribution is -0.115. The lowest BCUT2D eigenvalue weighted by Gasteiger charge is -2.13. The van der Waals surface area contributed by atoms with Gasteiger partial charge in [-0.15, -0.1) is 0 Å². The first-order chi connectivity index (χ1) is 11.4. The number of hydrogen-bond acceptors (Lipinski definition) is 2. The molecule has 2 N–H and O–H groups in total. The van der Waals surface area contributed by atoms with Crippen LogP contribution in [0, 0.1) is 6.92 Å². The van der Waals surface area contributed by atoms with Gasteiger partial charge in [0.1, 0.15) is 0 Å². The average Bonchev–Trinajstić information content (AvgIpc) is 2.58. The Morgan fingerprint density at radius 2 is 1.54 bits per heavy atom. The van der Waals surface area contributed by atoms with E-state index >= 15 is 0 Å². The molecule has 0 aliphatic heterocycles. The number of amides is 2. The van der Waals surface area contributed by atoms with Gasteiger partial charge in [-0.2, -0.15) is 0 Å². The maximum absolute atomic E-state index is 12.4. The van der Waals surface area contributed by atoms with Crippen LogP contribution in [0.1, 0.15) is 54.6 Å². The Morgan fingerprint density at radius 1 is 0.958 bits per heavy atom. The van der Waals surface area contributed by atoms with Crippen molar-refractivity contribution in [3.8, 4) is 0 Å². The van der Waals surface area contributed by atoms with E-state index in [1.54, 1.807) is 6.92 Å². The van der Waals surface area contributed by atoms with Crippen molar-refractivity contribution < 1.29 is 9.59 Å². The van der Waals surface area contributed by atoms with E-state index < -0.39 is 0 Å². The Labute approximate surface area is 143 Å². The zero-order valence-electron chi connectivity index (χ0n) is 14.6. The molecule has 2 aromatic carbocycles. The highest BCUT2D eigenvalue weighted by Crippen LogP contribution is 2.24. The van der Waals surface area contributed by atoms with Gasteiger partial charge in [-0.3, -0.25) is 9.59 Å². The summed E-state index contributed by atoms with van der Waals surface area (Å²) in [4.78, 5) is 24.0. The van der Waals surface area contributed by atoms with Crippen molar-refractivity contribution >= 4 is 23.2 Å². The van der Waals surface area contributed by atoms with Crippen molar-refractivity contribution in [3.05, 3.63) is 59.2 Å². The van der Waals surface area contributed by atoms with Gasteiger partial charge in [0.05, 0.1) is 0 Å². The number of carbonyl (C=O) groups excluding carboxylic acids is 2. The molecule has 2 aromatic rings. The van der Waals surface area contributed by atoms with Gasteiger partial charge in [0.25, 0.3) is 5.91 Å². The molecule has 0 heterocycles. The quantitative estimate of drug-likeness (QED) is 0.836. The Hall–Kier alpha value is -2.62. The van der Waals surface area contributed by atoms with E-state index in [0.717, 1.165) is 11.3 Å². The van der Waals surface area contributed by atoms with Gasteiger partial charge in [-0.1, -0.05) is 39.0 Å². The summed E-state index contributed by atoms with van der Waals surface area (Å²) in [5.74, 6) is 0.224. The summed E-state index contributed by atoms with van der Waals surface area (Å²) in [5, 5.41) is 5.76. The van der Waals surface area contributed by atoms with Crippen LogP contribution in [0.3, 0.4) is 0 Å². The molecule has 2 amide bonds. The van der Waals surface area contributed by atoms with Crippen LogP contribution in [-0.4, -0.2) is 11.8 Å². The number of nitrogens with one attached hydrogen (secondary N) is 2. The van der Waals surface area contributed by atoms with E-state index in [1.165, 1.54) is 5.56 Å². The number of rotatable bonds is 5. The zero-order chi connectivity index (χ0) is 17.7. The van der Waals surface area contributed by atoms with Crippen molar-refractivity contribution in [2.75, 3.05) is 10.6 Å². The second kappa shape index (κ2) is 7.77. The third-order valence-corrected chi connectivity index (χ3v) is 4.02. The topological polar surface area (TPSA) is 58.2 Å². The van der Waals surface area contributed by atoms with E-state index in [-0.39, 0.29) is 11.8 Å². The molecule has 126 valence electrons. The molecule has 0 aromatic heterocycles. The second-order valence-corrected chi connectivity index (χ2v) is 6.11. The Balaban J connectivity index is 2.16. The van der Waals surface area contributed by atoms with Gasteiger partial charge in [0.15, 0.2) is 0 Å². The van der Waals surface area contributed by atoms with E-state index in [2.05, 4.69) is 24.5 Å². The predicted octanol–water partition coefficient (Wildman–Crippen LogP) is 4.72. The normalized spacial score (nSPS) is 10.5. The molecule has 2 rings (SSSR count). The molecule has 0 aliphatic carbocycles. The maximum Gasteiger partial charge on any atom is 0.255 e. The summed E-state index contributed by atoms with van der Waals surface area (Å²) in [5.41, 5.74) is 4.07. The molecular weight excluding hydrogens is 300 g/mol. The van der Waals surface area contributed by atoms with E-state index in [4.69, 9.17) is 0 Å². The largest absolute Gasteiger partial charge is 0.326 e. The standard InChI is InChI=1S/C20H24N2O2/c1-5-19(23)21-17-7-6-8-18(14(17)4)22-20(24)16-11-9-15(10-12-16)13(2)3/h6-13H,5H2,1-4H3,(H,21,23)(H,22,24). The lowest BCUT2D eigenvalue weighted by atomic mass is 10.0. The van der Waals surface area contributed by atoms with Gasteiger partial charge in [0.2, 0.25) is 5.91 Å². The van der Waals surface area contributed by atoms with Crippen LogP contribution in [0.5, 0.6) is 0 Å². The summed E-state index contributed by atoms with van der Waals surface area (Å²) in [6.07, 6.45) is 0.415. The van der Waals surface area contributed by atoms with Crippen molar-refractivity contribution in [1.82, 2.24) is 0 Å². The van der Waals surface area contributed by atoms with Crippen LogP contribution in [-0.2, 0) is 4.79 Å². The minimum atomic E-state index is -0.160. The average molecular weight is 324 g/mol. The summed E-state index contributed by atoms with van der Waals surface area (Å²) in [6, 6.07) is 13.1. The first-order valence-corrected chi connectivity index (χ1v) is 8.23. The Bertz CT molecular complexity index is 734. The van der Waals surface area contributed by atoms with Crippen molar-refractivity contribution in [2.45, 2.75) is 40.0 Å². The molecule has 4 nitrogen and oxygen atoms in total. The van der Waals surface area contributed by atoms with E-state index in [9.17, 15) is 9.59 Å². The van der Waals surface area contributed by atoms with Crippen LogP contribution in [0.25, 0.3) is 0 Å². The van der Waals surface area contributed by atoms with Gasteiger partial charge >= 0.3 is 0 Å². The smallest absolute Gasteiger partial charge is 0.255 e. The molecule has 0 aliphatic rings. The zero-order valence-corrected chi connectivity index (χ0v) is 14.6. The number of anilines is 2. The maximum atomic E-state index is 12.4. The van der Waals surface area contributed by atoms with Crippen LogP contribution in [0.15, 0.2) is 42.5 Å². The molecule has 24 heavy (non-hydrogen) atoms. The molecule has 4 heteroatoms. The fourth-order valence-corrected chi connectivity index (χ4v) is 2.36. The lowest BCUT2D eigenvalue weighted by Crippen LogP contribution is -2.15. The highest BCUT2D eigenvalue weighted by atomic mass is 16.2. The highest BCUT2D eigenvalue weighted by molar-refractivity contribution is 6.05. The summed E-state index contributed by atoms with van der Waals surface area (Å²) in [6.45, 7) is 7.92. The molecular formula is C20H24N2O2. The SMILES string of the molecule is CCC(=O)Nc1cccc(NC(=O)c2ccc(C(C)C)cc2)c1C. The summed E-state index contributed by atoms with van der Waals surface area (Å²) in [7, 11) is 0. The first kappa shape index (κ1) is 17.7. The summed E-state index contributed by atoms with van der Waals surface area (Å²) >= 11 is 0. The van der Waals surface area contributed by atoms with E-state index in [1.807, 2.05) is 49.4 Å². The number of benzene rings is 2. The van der Waals surface area contributed by atoms with Gasteiger partial charge in [0, 0.05) is 23.4 Å². The molecule has 0 fully saturated rings. The van der Waals surface area contributed by atoms with Gasteiger partial charge in [-0.05, 0) is 48.2 Å². The molecule has 0 unspecified atom stereocenters. The monoisotopic (exact) mass is 324 g/mol. The minimum absolute atomic E-state index is 0.0501.